The standard InChI is InChI=1S/C19H18ClNO4S2/c20-10-3-4-12(25-7-13(22)23)11(6-10)15-14-8-1-2-9(5-8)16(14)26-18-17(15)27-19(24)21-18/h3-4,6,8-9,14-16H,1-2,5,7H2,(H,21,24)(H,22,23). The molecule has 5 rings (SSSR count). The second kappa shape index (κ2) is 6.57. The maximum absolute atomic E-state index is 12.1. The molecule has 2 heterocycles. The number of halogens is 1. The average molecular weight is 424 g/mol. The van der Waals surface area contributed by atoms with Crippen molar-refractivity contribution in [3.63, 3.8) is 0 Å². The number of aliphatic carboxylic acids is 1. The quantitative estimate of drug-likeness (QED) is 0.770. The van der Waals surface area contributed by atoms with Crippen molar-refractivity contribution in [2.24, 2.45) is 17.8 Å². The fraction of sp³-hybridized carbons (Fsp3) is 0.474. The lowest BCUT2D eigenvalue weighted by Crippen LogP contribution is -2.34. The zero-order valence-electron chi connectivity index (χ0n) is 14.3. The minimum Gasteiger partial charge on any atom is -0.482 e. The Morgan fingerprint density at radius 3 is 2.96 bits per heavy atom. The number of carboxylic acids is 1. The first-order valence-electron chi connectivity index (χ1n) is 9.05. The number of ether oxygens (including phenoxy) is 1. The molecule has 0 amide bonds. The molecule has 2 aromatic rings. The van der Waals surface area contributed by atoms with Gasteiger partial charge >= 0.3 is 10.8 Å². The fourth-order valence-electron chi connectivity index (χ4n) is 5.23. The molecule has 2 bridgehead atoms. The van der Waals surface area contributed by atoms with Gasteiger partial charge in [-0.05, 0) is 55.2 Å². The first-order valence-corrected chi connectivity index (χ1v) is 11.1. The Morgan fingerprint density at radius 1 is 1.33 bits per heavy atom. The molecule has 2 N–H and O–H groups in total. The third kappa shape index (κ3) is 2.91. The van der Waals surface area contributed by atoms with Crippen LogP contribution in [0.1, 0.15) is 35.6 Å². The van der Waals surface area contributed by atoms with Crippen molar-refractivity contribution in [2.75, 3.05) is 6.61 Å². The minimum atomic E-state index is -1.01. The van der Waals surface area contributed by atoms with Gasteiger partial charge in [-0.15, -0.1) is 11.8 Å². The highest BCUT2D eigenvalue weighted by molar-refractivity contribution is 8.00. The van der Waals surface area contributed by atoms with Crippen LogP contribution in [0, 0.1) is 17.8 Å². The predicted octanol–water partition coefficient (Wildman–Crippen LogP) is 4.21. The van der Waals surface area contributed by atoms with Crippen LogP contribution >= 0.6 is 34.7 Å². The Hall–Kier alpha value is -1.44. The van der Waals surface area contributed by atoms with Crippen LogP contribution in [-0.2, 0) is 4.79 Å². The van der Waals surface area contributed by atoms with Crippen molar-refractivity contribution in [2.45, 2.75) is 35.5 Å². The molecule has 2 saturated carbocycles. The zero-order chi connectivity index (χ0) is 18.7. The van der Waals surface area contributed by atoms with Crippen molar-refractivity contribution in [1.29, 1.82) is 0 Å². The van der Waals surface area contributed by atoms with Crippen LogP contribution in [0.15, 0.2) is 28.0 Å². The molecule has 8 heteroatoms. The lowest BCUT2D eigenvalue weighted by Gasteiger charge is -2.40. The number of carbonyl (C=O) groups is 1. The Morgan fingerprint density at radius 2 is 2.15 bits per heavy atom. The number of benzene rings is 1. The fourth-order valence-corrected chi connectivity index (χ4v) is 8.30. The van der Waals surface area contributed by atoms with Crippen molar-refractivity contribution >= 4 is 40.7 Å². The predicted molar refractivity (Wildman–Crippen MR) is 105 cm³/mol. The van der Waals surface area contributed by atoms with Crippen molar-refractivity contribution in [3.05, 3.63) is 43.3 Å². The van der Waals surface area contributed by atoms with E-state index < -0.39 is 12.6 Å². The highest BCUT2D eigenvalue weighted by atomic mass is 35.5. The maximum atomic E-state index is 12.1. The number of nitrogens with one attached hydrogen (secondary N) is 1. The molecular formula is C19H18ClNO4S2. The number of rotatable bonds is 4. The smallest absolute Gasteiger partial charge is 0.341 e. The molecule has 1 aliphatic heterocycles. The number of hydrogen-bond donors (Lipinski definition) is 2. The van der Waals surface area contributed by atoms with Gasteiger partial charge in [0, 0.05) is 26.6 Å². The van der Waals surface area contributed by atoms with E-state index in [9.17, 15) is 9.59 Å². The average Bonchev–Trinajstić information content (AvgIpc) is 3.32. The third-order valence-corrected chi connectivity index (χ3v) is 8.98. The summed E-state index contributed by atoms with van der Waals surface area (Å²) in [6.45, 7) is -0.396. The number of thiazole rings is 1. The normalized spacial score (nSPS) is 30.8. The van der Waals surface area contributed by atoms with Crippen LogP contribution in [0.25, 0.3) is 0 Å². The van der Waals surface area contributed by atoms with Crippen LogP contribution < -0.4 is 9.61 Å². The van der Waals surface area contributed by atoms with E-state index in [4.69, 9.17) is 21.4 Å². The number of fused-ring (bicyclic) bond motifs is 6. The number of aromatic amines is 1. The first kappa shape index (κ1) is 17.6. The number of H-pyrrole nitrogens is 1. The second-order valence-corrected chi connectivity index (χ2v) is 10.2. The molecule has 0 spiro atoms. The number of aromatic nitrogens is 1. The van der Waals surface area contributed by atoms with E-state index >= 15 is 0 Å². The van der Waals surface area contributed by atoms with E-state index in [1.54, 1.807) is 12.1 Å². The largest absolute Gasteiger partial charge is 0.482 e. The minimum absolute atomic E-state index is 0.0213. The van der Waals surface area contributed by atoms with E-state index in [1.165, 1.54) is 30.6 Å². The van der Waals surface area contributed by atoms with Gasteiger partial charge in [0.1, 0.15) is 5.75 Å². The second-order valence-electron chi connectivity index (χ2n) is 7.54. The summed E-state index contributed by atoms with van der Waals surface area (Å²) in [7, 11) is 0. The highest BCUT2D eigenvalue weighted by Gasteiger charge is 2.55. The molecule has 5 unspecified atom stereocenters. The molecule has 3 aliphatic rings. The lowest BCUT2D eigenvalue weighted by molar-refractivity contribution is -0.139. The van der Waals surface area contributed by atoms with Gasteiger partial charge in [-0.1, -0.05) is 22.9 Å². The summed E-state index contributed by atoms with van der Waals surface area (Å²) in [6, 6.07) is 5.36. The summed E-state index contributed by atoms with van der Waals surface area (Å²) in [4.78, 5) is 27.1. The Labute approximate surface area is 169 Å². The van der Waals surface area contributed by atoms with Gasteiger partial charge in [0.25, 0.3) is 0 Å². The molecular weight excluding hydrogens is 406 g/mol. The summed E-state index contributed by atoms with van der Waals surface area (Å²) in [5.74, 6) is 1.30. The van der Waals surface area contributed by atoms with Gasteiger partial charge in [0.05, 0.1) is 5.03 Å². The molecule has 27 heavy (non-hydrogen) atoms. The topological polar surface area (TPSA) is 79.4 Å². The maximum Gasteiger partial charge on any atom is 0.341 e. The molecule has 142 valence electrons. The van der Waals surface area contributed by atoms with E-state index in [1.807, 2.05) is 17.8 Å². The first-order chi connectivity index (χ1) is 13.0. The number of thioether (sulfide) groups is 1. The molecule has 5 nitrogen and oxygen atoms in total. The molecule has 2 fully saturated rings. The number of carboxylic acid groups (broad SMARTS) is 1. The number of hydrogen-bond acceptors (Lipinski definition) is 5. The van der Waals surface area contributed by atoms with E-state index in [0.29, 0.717) is 33.8 Å². The summed E-state index contributed by atoms with van der Waals surface area (Å²) in [5.41, 5.74) is 0.906. The van der Waals surface area contributed by atoms with Gasteiger partial charge in [-0.3, -0.25) is 4.79 Å². The summed E-state index contributed by atoms with van der Waals surface area (Å²) in [6.07, 6.45) is 3.72. The van der Waals surface area contributed by atoms with Gasteiger partial charge < -0.3 is 14.8 Å². The lowest BCUT2D eigenvalue weighted by atomic mass is 9.74. The van der Waals surface area contributed by atoms with Gasteiger partial charge in [-0.2, -0.15) is 0 Å². The molecule has 5 atom stereocenters. The van der Waals surface area contributed by atoms with E-state index in [-0.39, 0.29) is 10.8 Å². The summed E-state index contributed by atoms with van der Waals surface area (Å²) in [5, 5.41) is 11.1. The Kier molecular flexibility index (Phi) is 4.29. The molecule has 1 aromatic heterocycles. The van der Waals surface area contributed by atoms with Crippen molar-refractivity contribution < 1.29 is 14.6 Å². The third-order valence-electron chi connectivity index (χ3n) is 6.12. The van der Waals surface area contributed by atoms with Crippen molar-refractivity contribution in [1.82, 2.24) is 4.98 Å². The Bertz CT molecular complexity index is 971. The monoisotopic (exact) mass is 423 g/mol. The highest BCUT2D eigenvalue weighted by Crippen LogP contribution is 2.64. The van der Waals surface area contributed by atoms with Crippen LogP contribution in [0.5, 0.6) is 5.75 Å². The van der Waals surface area contributed by atoms with E-state index in [0.717, 1.165) is 15.5 Å². The summed E-state index contributed by atoms with van der Waals surface area (Å²) >= 11 is 9.40. The van der Waals surface area contributed by atoms with Gasteiger partial charge in [0.15, 0.2) is 6.61 Å². The molecule has 1 aromatic carbocycles. The van der Waals surface area contributed by atoms with Crippen LogP contribution in [0.3, 0.4) is 0 Å². The SMILES string of the molecule is O=C(O)COc1ccc(Cl)cc1C1c2sc(=O)[nH]c2SC2C3CCC(C3)C12. The van der Waals surface area contributed by atoms with Crippen LogP contribution in [-0.4, -0.2) is 27.9 Å². The van der Waals surface area contributed by atoms with Crippen molar-refractivity contribution in [3.8, 4) is 5.75 Å². The Balaban J connectivity index is 1.65. The van der Waals surface area contributed by atoms with Crippen LogP contribution in [0.4, 0.5) is 0 Å². The van der Waals surface area contributed by atoms with Gasteiger partial charge in [0.2, 0.25) is 0 Å². The van der Waals surface area contributed by atoms with Gasteiger partial charge in [-0.25, -0.2) is 4.79 Å². The molecule has 2 aliphatic carbocycles. The molecule has 0 saturated heterocycles. The molecule has 0 radical (unpaired) electrons. The van der Waals surface area contributed by atoms with Crippen LogP contribution in [0.2, 0.25) is 5.02 Å². The zero-order valence-corrected chi connectivity index (χ0v) is 16.7. The summed E-state index contributed by atoms with van der Waals surface area (Å²) < 4.78 is 5.61. The van der Waals surface area contributed by atoms with E-state index in [2.05, 4.69) is 4.98 Å².